The van der Waals surface area contributed by atoms with Crippen LogP contribution in [0.25, 0.3) is 0 Å². The van der Waals surface area contributed by atoms with Crippen LogP contribution in [0.4, 0.5) is 0 Å². The summed E-state index contributed by atoms with van der Waals surface area (Å²) in [5.41, 5.74) is 0. The van der Waals surface area contributed by atoms with Crippen molar-refractivity contribution in [2.24, 2.45) is 5.92 Å². The SMILES string of the molecule is CCCCCCCCCC(CCCCCCCCC)CC(=O)OCC. The second kappa shape index (κ2) is 19.8. The van der Waals surface area contributed by atoms with E-state index >= 15 is 0 Å². The molecule has 0 saturated carbocycles. The largest absolute Gasteiger partial charge is 0.466 e. The van der Waals surface area contributed by atoms with Gasteiger partial charge in [-0.3, -0.25) is 4.79 Å². The van der Waals surface area contributed by atoms with Crippen LogP contribution in [0.1, 0.15) is 130 Å². The second-order valence-electron chi connectivity index (χ2n) is 7.70. The van der Waals surface area contributed by atoms with Crippen molar-refractivity contribution in [3.8, 4) is 0 Å². The second-order valence-corrected chi connectivity index (χ2v) is 7.70. The minimum atomic E-state index is 0.0124. The summed E-state index contributed by atoms with van der Waals surface area (Å²) in [4.78, 5) is 11.8. The maximum absolute atomic E-state index is 11.8. The smallest absolute Gasteiger partial charge is 0.306 e. The Balaban J connectivity index is 3.84. The fourth-order valence-electron chi connectivity index (χ4n) is 3.58. The van der Waals surface area contributed by atoms with Crippen molar-refractivity contribution < 1.29 is 9.53 Å². The number of hydrogen-bond donors (Lipinski definition) is 0. The normalized spacial score (nSPS) is 11.2. The van der Waals surface area contributed by atoms with Gasteiger partial charge in [0.05, 0.1) is 6.61 Å². The number of hydrogen-bond acceptors (Lipinski definition) is 2. The summed E-state index contributed by atoms with van der Waals surface area (Å²) in [7, 11) is 0. The average Bonchev–Trinajstić information content (AvgIpc) is 2.60. The predicted octanol–water partition coefficient (Wildman–Crippen LogP) is 7.84. The molecule has 0 aromatic rings. The van der Waals surface area contributed by atoms with Gasteiger partial charge in [0.25, 0.3) is 0 Å². The van der Waals surface area contributed by atoms with Crippen molar-refractivity contribution in [1.82, 2.24) is 0 Å². The van der Waals surface area contributed by atoms with Gasteiger partial charge in [-0.25, -0.2) is 0 Å². The summed E-state index contributed by atoms with van der Waals surface area (Å²) in [5.74, 6) is 0.559. The van der Waals surface area contributed by atoms with E-state index in [-0.39, 0.29) is 5.97 Å². The van der Waals surface area contributed by atoms with E-state index in [1.165, 1.54) is 103 Å². The number of carbonyl (C=O) groups excluding carboxylic acids is 1. The Morgan fingerprint density at radius 1 is 0.640 bits per heavy atom. The Morgan fingerprint density at radius 3 is 1.44 bits per heavy atom. The highest BCUT2D eigenvalue weighted by atomic mass is 16.5. The molecule has 0 radical (unpaired) electrons. The van der Waals surface area contributed by atoms with Gasteiger partial charge in [0.1, 0.15) is 0 Å². The van der Waals surface area contributed by atoms with Crippen LogP contribution in [0.5, 0.6) is 0 Å². The third kappa shape index (κ3) is 18.1. The summed E-state index contributed by atoms with van der Waals surface area (Å²) in [6.45, 7) is 6.95. The lowest BCUT2D eigenvalue weighted by atomic mass is 9.91. The molecule has 0 aliphatic carbocycles. The van der Waals surface area contributed by atoms with Gasteiger partial charge in [0.2, 0.25) is 0 Å². The zero-order chi connectivity index (χ0) is 18.6. The molecule has 25 heavy (non-hydrogen) atoms. The molecule has 0 aliphatic heterocycles. The van der Waals surface area contributed by atoms with E-state index in [0.717, 1.165) is 0 Å². The maximum atomic E-state index is 11.8. The molecule has 0 unspecified atom stereocenters. The van der Waals surface area contributed by atoms with Gasteiger partial charge in [0.15, 0.2) is 0 Å². The van der Waals surface area contributed by atoms with E-state index in [1.54, 1.807) is 0 Å². The highest BCUT2D eigenvalue weighted by molar-refractivity contribution is 5.69. The molecule has 0 amide bonds. The number of rotatable bonds is 19. The molecular formula is C23H46O2. The highest BCUT2D eigenvalue weighted by Crippen LogP contribution is 2.22. The lowest BCUT2D eigenvalue weighted by molar-refractivity contribution is -0.144. The van der Waals surface area contributed by atoms with Gasteiger partial charge >= 0.3 is 5.97 Å². The van der Waals surface area contributed by atoms with Crippen molar-refractivity contribution >= 4 is 5.97 Å². The molecule has 0 bridgehead atoms. The fraction of sp³-hybridized carbons (Fsp3) is 0.957. The molecule has 150 valence electrons. The zero-order valence-corrected chi connectivity index (χ0v) is 17.6. The zero-order valence-electron chi connectivity index (χ0n) is 17.6. The van der Waals surface area contributed by atoms with Crippen LogP contribution in [-0.2, 0) is 9.53 Å². The molecule has 0 fully saturated rings. The Bertz CT molecular complexity index is 257. The molecule has 0 aliphatic rings. The number of carbonyl (C=O) groups is 1. The van der Waals surface area contributed by atoms with E-state index in [2.05, 4.69) is 13.8 Å². The van der Waals surface area contributed by atoms with E-state index in [9.17, 15) is 4.79 Å². The fourth-order valence-corrected chi connectivity index (χ4v) is 3.58. The van der Waals surface area contributed by atoms with E-state index < -0.39 is 0 Å². The summed E-state index contributed by atoms with van der Waals surface area (Å²) < 4.78 is 5.18. The van der Waals surface area contributed by atoms with Crippen LogP contribution in [0.2, 0.25) is 0 Å². The van der Waals surface area contributed by atoms with Gasteiger partial charge in [-0.05, 0) is 25.7 Å². The van der Waals surface area contributed by atoms with Crippen LogP contribution in [-0.4, -0.2) is 12.6 Å². The summed E-state index contributed by atoms with van der Waals surface area (Å²) in [6.07, 6.45) is 22.0. The first kappa shape index (κ1) is 24.5. The van der Waals surface area contributed by atoms with Crippen LogP contribution in [0.3, 0.4) is 0 Å². The third-order valence-corrected chi connectivity index (χ3v) is 5.19. The molecule has 2 heteroatoms. The van der Waals surface area contributed by atoms with Crippen molar-refractivity contribution in [3.05, 3.63) is 0 Å². The first-order chi connectivity index (χ1) is 12.2. The van der Waals surface area contributed by atoms with Gasteiger partial charge in [-0.15, -0.1) is 0 Å². The van der Waals surface area contributed by atoms with E-state index in [0.29, 0.717) is 18.9 Å². The standard InChI is InChI=1S/C23H46O2/c1-4-7-9-11-13-15-17-19-22(21-23(24)25-6-3)20-18-16-14-12-10-8-5-2/h22H,4-21H2,1-3H3. The minimum absolute atomic E-state index is 0.0124. The van der Waals surface area contributed by atoms with Crippen LogP contribution >= 0.6 is 0 Å². The van der Waals surface area contributed by atoms with Crippen LogP contribution in [0.15, 0.2) is 0 Å². The maximum Gasteiger partial charge on any atom is 0.306 e. The molecule has 2 nitrogen and oxygen atoms in total. The van der Waals surface area contributed by atoms with E-state index in [1.807, 2.05) is 6.92 Å². The van der Waals surface area contributed by atoms with Gasteiger partial charge in [-0.1, -0.05) is 104 Å². The van der Waals surface area contributed by atoms with Gasteiger partial charge in [-0.2, -0.15) is 0 Å². The van der Waals surface area contributed by atoms with Crippen LogP contribution < -0.4 is 0 Å². The van der Waals surface area contributed by atoms with Crippen molar-refractivity contribution in [2.45, 2.75) is 130 Å². The van der Waals surface area contributed by atoms with Gasteiger partial charge in [0, 0.05) is 6.42 Å². The summed E-state index contributed by atoms with van der Waals surface area (Å²) >= 11 is 0. The quantitative estimate of drug-likeness (QED) is 0.174. The molecule has 0 heterocycles. The monoisotopic (exact) mass is 354 g/mol. The molecule has 0 atom stereocenters. The highest BCUT2D eigenvalue weighted by Gasteiger charge is 2.14. The number of ether oxygens (including phenoxy) is 1. The number of esters is 1. The van der Waals surface area contributed by atoms with Crippen molar-refractivity contribution in [1.29, 1.82) is 0 Å². The van der Waals surface area contributed by atoms with Crippen LogP contribution in [0, 0.1) is 5.92 Å². The molecule has 0 aromatic heterocycles. The first-order valence-electron chi connectivity index (χ1n) is 11.4. The molecule has 0 rings (SSSR count). The molecule has 0 spiro atoms. The lowest BCUT2D eigenvalue weighted by Gasteiger charge is -2.16. The first-order valence-corrected chi connectivity index (χ1v) is 11.4. The molecular weight excluding hydrogens is 308 g/mol. The predicted molar refractivity (Wildman–Crippen MR) is 110 cm³/mol. The summed E-state index contributed by atoms with van der Waals surface area (Å²) in [6, 6.07) is 0. The van der Waals surface area contributed by atoms with Crippen molar-refractivity contribution in [3.63, 3.8) is 0 Å². The summed E-state index contributed by atoms with van der Waals surface area (Å²) in [5, 5.41) is 0. The third-order valence-electron chi connectivity index (χ3n) is 5.19. The van der Waals surface area contributed by atoms with Crippen molar-refractivity contribution in [2.75, 3.05) is 6.61 Å². The number of unbranched alkanes of at least 4 members (excludes halogenated alkanes) is 12. The Labute approximate surface area is 158 Å². The molecule has 0 aromatic carbocycles. The molecule has 0 N–H and O–H groups in total. The Morgan fingerprint density at radius 2 is 1.04 bits per heavy atom. The Kier molecular flexibility index (Phi) is 19.4. The molecule has 0 saturated heterocycles. The van der Waals surface area contributed by atoms with Gasteiger partial charge < -0.3 is 4.74 Å². The Hall–Kier alpha value is -0.530. The lowest BCUT2D eigenvalue weighted by Crippen LogP contribution is -2.12. The average molecular weight is 355 g/mol. The topological polar surface area (TPSA) is 26.3 Å². The minimum Gasteiger partial charge on any atom is -0.466 e. The van der Waals surface area contributed by atoms with E-state index in [4.69, 9.17) is 4.74 Å².